The van der Waals surface area contributed by atoms with Crippen LogP contribution in [-0.2, 0) is 0 Å². The quantitative estimate of drug-likeness (QED) is 0.870. The minimum atomic E-state index is -0.0123. The van der Waals surface area contributed by atoms with E-state index in [0.29, 0.717) is 11.4 Å². The molecule has 2 rings (SSSR count). The molecule has 4 nitrogen and oxygen atoms in total. The van der Waals surface area contributed by atoms with Crippen LogP contribution < -0.4 is 10.6 Å². The van der Waals surface area contributed by atoms with Crippen LogP contribution in [0.25, 0.3) is 0 Å². The summed E-state index contributed by atoms with van der Waals surface area (Å²) in [6.07, 6.45) is 7.42. The van der Waals surface area contributed by atoms with Crippen LogP contribution in [0.1, 0.15) is 63.2 Å². The molecule has 1 aliphatic rings. The number of hydrogen-bond acceptors (Lipinski definition) is 3. The van der Waals surface area contributed by atoms with Crippen LogP contribution in [-0.4, -0.2) is 23.5 Å². The van der Waals surface area contributed by atoms with E-state index in [1.54, 1.807) is 6.20 Å². The Kier molecular flexibility index (Phi) is 5.21. The van der Waals surface area contributed by atoms with Crippen molar-refractivity contribution in [2.75, 3.05) is 11.9 Å². The maximum absolute atomic E-state index is 12.6. The smallest absolute Gasteiger partial charge is 0.255 e. The molecule has 1 amide bonds. The predicted octanol–water partition coefficient (Wildman–Crippen LogP) is 3.60. The number of hydrogen-bond donors (Lipinski definition) is 2. The Balaban J connectivity index is 2.09. The van der Waals surface area contributed by atoms with E-state index < -0.39 is 0 Å². The van der Waals surface area contributed by atoms with Crippen molar-refractivity contribution < 1.29 is 4.79 Å². The van der Waals surface area contributed by atoms with Crippen molar-refractivity contribution in [3.8, 4) is 0 Å². The third-order valence-electron chi connectivity index (χ3n) is 4.41. The zero-order chi connectivity index (χ0) is 15.3. The van der Waals surface area contributed by atoms with Crippen molar-refractivity contribution in [1.29, 1.82) is 0 Å². The summed E-state index contributed by atoms with van der Waals surface area (Å²) in [4.78, 5) is 16.9. The fourth-order valence-corrected chi connectivity index (χ4v) is 2.97. The number of nitrogens with zero attached hydrogens (tertiary/aromatic N) is 1. The van der Waals surface area contributed by atoms with Crippen molar-refractivity contribution >= 4 is 11.7 Å². The van der Waals surface area contributed by atoms with Crippen LogP contribution in [0.2, 0.25) is 0 Å². The fourth-order valence-electron chi connectivity index (χ4n) is 2.97. The van der Waals surface area contributed by atoms with E-state index in [0.717, 1.165) is 19.4 Å². The molecule has 0 radical (unpaired) electrons. The van der Waals surface area contributed by atoms with Crippen LogP contribution in [0.5, 0.6) is 0 Å². The molecule has 1 aliphatic carbocycles. The Hall–Kier alpha value is -1.58. The minimum Gasteiger partial charge on any atom is -0.369 e. The molecule has 21 heavy (non-hydrogen) atoms. The monoisotopic (exact) mass is 289 g/mol. The highest BCUT2D eigenvalue weighted by Gasteiger charge is 2.33. The number of carbonyl (C=O) groups is 1. The lowest BCUT2D eigenvalue weighted by Crippen LogP contribution is -2.47. The molecule has 1 fully saturated rings. The lowest BCUT2D eigenvalue weighted by molar-refractivity contribution is 0.0854. The summed E-state index contributed by atoms with van der Waals surface area (Å²) in [7, 11) is 0. The summed E-state index contributed by atoms with van der Waals surface area (Å²) in [6.45, 7) is 7.42. The number of aromatic nitrogens is 1. The van der Waals surface area contributed by atoms with Crippen molar-refractivity contribution in [3.05, 3.63) is 23.9 Å². The van der Waals surface area contributed by atoms with E-state index in [9.17, 15) is 4.79 Å². The summed E-state index contributed by atoms with van der Waals surface area (Å²) < 4.78 is 0. The normalized spacial score (nSPS) is 20.8. The van der Waals surface area contributed by atoms with Crippen molar-refractivity contribution in [3.63, 3.8) is 0 Å². The molecule has 0 bridgehead atoms. The Labute approximate surface area is 127 Å². The van der Waals surface area contributed by atoms with Gasteiger partial charge >= 0.3 is 0 Å². The lowest BCUT2D eigenvalue weighted by Gasteiger charge is -2.39. The van der Waals surface area contributed by atoms with Gasteiger partial charge < -0.3 is 10.6 Å². The van der Waals surface area contributed by atoms with Gasteiger partial charge in [-0.2, -0.15) is 0 Å². The van der Waals surface area contributed by atoms with E-state index in [-0.39, 0.29) is 17.4 Å². The first kappa shape index (κ1) is 15.8. The molecule has 4 heteroatoms. The Morgan fingerprint density at radius 1 is 1.43 bits per heavy atom. The molecule has 0 aromatic carbocycles. The number of amides is 1. The second-order valence-corrected chi connectivity index (χ2v) is 6.59. The van der Waals surface area contributed by atoms with Crippen LogP contribution in [0, 0.1) is 5.41 Å². The molecule has 0 aliphatic heterocycles. The summed E-state index contributed by atoms with van der Waals surface area (Å²) in [5.41, 5.74) is 0.819. The van der Waals surface area contributed by atoms with Crippen molar-refractivity contribution in [1.82, 2.24) is 10.3 Å². The molecule has 1 aromatic rings. The van der Waals surface area contributed by atoms with Crippen LogP contribution >= 0.6 is 0 Å². The summed E-state index contributed by atoms with van der Waals surface area (Å²) in [5.74, 6) is 0.673. The summed E-state index contributed by atoms with van der Waals surface area (Å²) in [6, 6.07) is 3.91. The number of nitrogens with one attached hydrogen (secondary N) is 2. The fraction of sp³-hybridized carbons (Fsp3) is 0.647. The number of rotatable bonds is 5. The Morgan fingerprint density at radius 3 is 2.95 bits per heavy atom. The second kappa shape index (κ2) is 6.92. The number of carbonyl (C=O) groups excluding carboxylic acids is 1. The van der Waals surface area contributed by atoms with Crippen LogP contribution in [0.4, 0.5) is 5.82 Å². The van der Waals surface area contributed by atoms with Gasteiger partial charge in [0.05, 0.1) is 5.56 Å². The van der Waals surface area contributed by atoms with E-state index >= 15 is 0 Å². The molecule has 1 saturated carbocycles. The molecule has 1 aromatic heterocycles. The molecular formula is C17H27N3O. The highest BCUT2D eigenvalue weighted by atomic mass is 16.1. The topological polar surface area (TPSA) is 54.0 Å². The van der Waals surface area contributed by atoms with E-state index in [1.165, 1.54) is 19.3 Å². The van der Waals surface area contributed by atoms with Gasteiger partial charge in [0.1, 0.15) is 5.82 Å². The average molecular weight is 289 g/mol. The predicted molar refractivity (Wildman–Crippen MR) is 86.5 cm³/mol. The van der Waals surface area contributed by atoms with Crippen molar-refractivity contribution in [2.24, 2.45) is 5.41 Å². The van der Waals surface area contributed by atoms with Gasteiger partial charge in [-0.05, 0) is 36.8 Å². The third kappa shape index (κ3) is 3.96. The SMILES string of the molecule is CCCNc1ncccc1C(=O)NC1CCCCC1(C)C. The molecule has 1 atom stereocenters. The van der Waals surface area contributed by atoms with Gasteiger partial charge in [0.15, 0.2) is 0 Å². The highest BCUT2D eigenvalue weighted by Crippen LogP contribution is 2.35. The maximum Gasteiger partial charge on any atom is 0.255 e. The molecule has 1 heterocycles. The Morgan fingerprint density at radius 2 is 2.24 bits per heavy atom. The minimum absolute atomic E-state index is 0.0123. The highest BCUT2D eigenvalue weighted by molar-refractivity contribution is 5.98. The average Bonchev–Trinajstić information content (AvgIpc) is 2.47. The zero-order valence-electron chi connectivity index (χ0n) is 13.4. The van der Waals surface area contributed by atoms with E-state index in [1.807, 2.05) is 12.1 Å². The number of pyridine rings is 1. The number of anilines is 1. The van der Waals surface area contributed by atoms with Gasteiger partial charge in [-0.1, -0.05) is 33.6 Å². The molecule has 2 N–H and O–H groups in total. The molecule has 116 valence electrons. The van der Waals surface area contributed by atoms with Gasteiger partial charge in [-0.3, -0.25) is 4.79 Å². The second-order valence-electron chi connectivity index (χ2n) is 6.59. The summed E-state index contributed by atoms with van der Waals surface area (Å²) in [5, 5.41) is 6.45. The first-order valence-electron chi connectivity index (χ1n) is 8.04. The lowest BCUT2D eigenvalue weighted by atomic mass is 9.73. The van der Waals surface area contributed by atoms with Gasteiger partial charge in [-0.25, -0.2) is 4.98 Å². The Bertz CT molecular complexity index is 485. The van der Waals surface area contributed by atoms with Gasteiger partial charge in [0.25, 0.3) is 5.91 Å². The van der Waals surface area contributed by atoms with E-state index in [4.69, 9.17) is 0 Å². The van der Waals surface area contributed by atoms with Gasteiger partial charge in [0.2, 0.25) is 0 Å². The van der Waals surface area contributed by atoms with Crippen LogP contribution in [0.15, 0.2) is 18.3 Å². The first-order chi connectivity index (χ1) is 10.0. The third-order valence-corrected chi connectivity index (χ3v) is 4.41. The standard InChI is InChI=1S/C17H27N3O/c1-4-11-18-15-13(8-7-12-19-15)16(21)20-14-9-5-6-10-17(14,2)3/h7-8,12,14H,4-6,9-11H2,1-3H3,(H,18,19)(H,20,21). The van der Waals surface area contributed by atoms with Crippen LogP contribution in [0.3, 0.4) is 0 Å². The molecule has 0 saturated heterocycles. The van der Waals surface area contributed by atoms with Crippen molar-refractivity contribution in [2.45, 2.75) is 58.9 Å². The van der Waals surface area contributed by atoms with Gasteiger partial charge in [0, 0.05) is 18.8 Å². The zero-order valence-corrected chi connectivity index (χ0v) is 13.4. The van der Waals surface area contributed by atoms with Gasteiger partial charge in [-0.15, -0.1) is 0 Å². The largest absolute Gasteiger partial charge is 0.369 e. The maximum atomic E-state index is 12.6. The molecular weight excluding hydrogens is 262 g/mol. The first-order valence-corrected chi connectivity index (χ1v) is 8.04. The van der Waals surface area contributed by atoms with E-state index in [2.05, 4.69) is 36.4 Å². The molecule has 1 unspecified atom stereocenters. The summed E-state index contributed by atoms with van der Waals surface area (Å²) >= 11 is 0. The molecule has 0 spiro atoms.